The van der Waals surface area contributed by atoms with E-state index >= 15 is 0 Å². The summed E-state index contributed by atoms with van der Waals surface area (Å²) in [5.74, 6) is -0.609. The van der Waals surface area contributed by atoms with Gasteiger partial charge in [0.2, 0.25) is 15.9 Å². The molecule has 6 N–H and O–H groups in total. The van der Waals surface area contributed by atoms with Crippen LogP contribution in [-0.4, -0.2) is 86.3 Å². The molecule has 2 amide bonds. The number of piperazine rings is 1. The van der Waals surface area contributed by atoms with E-state index in [0.29, 0.717) is 23.5 Å². The van der Waals surface area contributed by atoms with E-state index in [1.54, 1.807) is 30.3 Å². The normalized spacial score (nSPS) is 15.0. The van der Waals surface area contributed by atoms with Gasteiger partial charge in [-0.25, -0.2) is 13.2 Å². The Bertz CT molecular complexity index is 1240. The van der Waals surface area contributed by atoms with Gasteiger partial charge in [0.05, 0.1) is 4.90 Å². The predicted octanol–water partition coefficient (Wildman–Crippen LogP) is 0.175. The Morgan fingerprint density at radius 3 is 2.37 bits per heavy atom. The van der Waals surface area contributed by atoms with Gasteiger partial charge in [0.1, 0.15) is 6.04 Å². The van der Waals surface area contributed by atoms with E-state index in [-0.39, 0.29) is 55.6 Å². The van der Waals surface area contributed by atoms with E-state index in [4.69, 9.17) is 16.6 Å². The number of carbonyl (C=O) groups excluding carboxylic acids is 2. The zero-order valence-electron chi connectivity index (χ0n) is 19.0. The molecule has 1 atom stereocenters. The molecule has 2 aromatic rings. The summed E-state index contributed by atoms with van der Waals surface area (Å²) in [5.41, 5.74) is 10.7. The second kappa shape index (κ2) is 11.1. The molecule has 0 spiro atoms. The van der Waals surface area contributed by atoms with Gasteiger partial charge in [-0.2, -0.15) is 4.72 Å². The Morgan fingerprint density at radius 2 is 1.74 bits per heavy atom. The molecular formula is C22H28N6O6S. The Balaban J connectivity index is 1.86. The highest BCUT2D eigenvalue weighted by Crippen LogP contribution is 2.25. The van der Waals surface area contributed by atoms with Crippen LogP contribution in [0, 0.1) is 0 Å². The number of nitrogens with one attached hydrogen (secondary N) is 1. The summed E-state index contributed by atoms with van der Waals surface area (Å²) in [4.78, 5) is 42.5. The molecule has 12 nitrogen and oxygen atoms in total. The molecule has 0 radical (unpaired) electrons. The number of hydrogen-bond acceptors (Lipinski definition) is 6. The number of carbonyl (C=O) groups is 3. The van der Waals surface area contributed by atoms with E-state index in [0.717, 1.165) is 0 Å². The zero-order valence-corrected chi connectivity index (χ0v) is 19.8. The fourth-order valence-corrected chi connectivity index (χ4v) is 5.37. The number of nitrogens with two attached hydrogens (primary N) is 2. The Kier molecular flexibility index (Phi) is 8.25. The summed E-state index contributed by atoms with van der Waals surface area (Å²) in [6.45, 7) is 0.693. The van der Waals surface area contributed by atoms with Crippen LogP contribution >= 0.6 is 0 Å². The molecule has 1 heterocycles. The molecule has 2 aromatic carbocycles. The number of aldehydes is 1. The highest BCUT2D eigenvalue weighted by molar-refractivity contribution is 7.89. The van der Waals surface area contributed by atoms with Gasteiger partial charge in [0.25, 0.3) is 0 Å². The van der Waals surface area contributed by atoms with Crippen molar-refractivity contribution in [1.82, 2.24) is 14.5 Å². The second-order valence-electron chi connectivity index (χ2n) is 8.03. The first-order chi connectivity index (χ1) is 16.6. The van der Waals surface area contributed by atoms with Crippen molar-refractivity contribution in [2.75, 3.05) is 32.7 Å². The molecule has 1 aliphatic rings. The van der Waals surface area contributed by atoms with Crippen LogP contribution in [0.4, 0.5) is 4.79 Å². The minimum absolute atomic E-state index is 0.00243. The van der Waals surface area contributed by atoms with Crippen LogP contribution in [0.3, 0.4) is 0 Å². The zero-order chi connectivity index (χ0) is 25.6. The number of carboxylic acid groups (broad SMARTS) is 1. The van der Waals surface area contributed by atoms with Gasteiger partial charge in [-0.15, -0.1) is 0 Å². The SMILES string of the molecule is NC(N)=NCCC[C@H](NS(=O)(=O)c1ccc2ccccc2c1C=O)C(=O)N1CCN(C(=O)O)CC1. The molecule has 0 saturated carbocycles. The maximum absolute atomic E-state index is 13.3. The molecule has 1 aliphatic heterocycles. The molecule has 0 aromatic heterocycles. The van der Waals surface area contributed by atoms with Gasteiger partial charge in [0.15, 0.2) is 12.2 Å². The number of guanidine groups is 1. The molecule has 188 valence electrons. The van der Waals surface area contributed by atoms with Gasteiger partial charge in [0, 0.05) is 38.3 Å². The lowest BCUT2D eigenvalue weighted by Gasteiger charge is -2.35. The van der Waals surface area contributed by atoms with Crippen LogP contribution < -0.4 is 16.2 Å². The van der Waals surface area contributed by atoms with E-state index in [9.17, 15) is 22.8 Å². The highest BCUT2D eigenvalue weighted by atomic mass is 32.2. The van der Waals surface area contributed by atoms with E-state index < -0.39 is 28.1 Å². The Morgan fingerprint density at radius 1 is 1.09 bits per heavy atom. The molecule has 0 aliphatic carbocycles. The smallest absolute Gasteiger partial charge is 0.407 e. The van der Waals surface area contributed by atoms with Crippen molar-refractivity contribution >= 4 is 45.0 Å². The Hall–Kier alpha value is -3.71. The number of benzene rings is 2. The number of amides is 2. The van der Waals surface area contributed by atoms with Gasteiger partial charge < -0.3 is 26.4 Å². The molecule has 0 bridgehead atoms. The average molecular weight is 505 g/mol. The standard InChI is InChI=1S/C22H28N6O6S/c23-21(24)25-9-3-6-18(20(30)27-10-12-28(13-11-27)22(31)32)26-35(33,34)19-8-7-15-4-1-2-5-16(15)17(19)14-29/h1-2,4-5,7-8,14,18,26H,3,6,9-13H2,(H,31,32)(H4,23,24,25)/t18-/m0/s1. The maximum atomic E-state index is 13.3. The van der Waals surface area contributed by atoms with Crippen LogP contribution in [-0.2, 0) is 14.8 Å². The summed E-state index contributed by atoms with van der Waals surface area (Å²) >= 11 is 0. The third-order valence-electron chi connectivity index (χ3n) is 5.74. The number of nitrogens with zero attached hydrogens (tertiary/aromatic N) is 3. The summed E-state index contributed by atoms with van der Waals surface area (Å²) < 4.78 is 29.1. The quantitative estimate of drug-likeness (QED) is 0.161. The Labute approximate surface area is 202 Å². The van der Waals surface area contributed by atoms with Crippen LogP contribution in [0.2, 0.25) is 0 Å². The first-order valence-electron chi connectivity index (χ1n) is 11.0. The lowest BCUT2D eigenvalue weighted by molar-refractivity contribution is -0.134. The number of aliphatic imine (C=N–C) groups is 1. The summed E-state index contributed by atoms with van der Waals surface area (Å²) in [6, 6.07) is 8.66. The monoisotopic (exact) mass is 504 g/mol. The van der Waals surface area contributed by atoms with E-state index in [1.165, 1.54) is 15.9 Å². The van der Waals surface area contributed by atoms with Gasteiger partial charge >= 0.3 is 6.09 Å². The van der Waals surface area contributed by atoms with E-state index in [2.05, 4.69) is 9.71 Å². The molecule has 35 heavy (non-hydrogen) atoms. The van der Waals surface area contributed by atoms with Crippen LogP contribution in [0.25, 0.3) is 10.8 Å². The van der Waals surface area contributed by atoms with Gasteiger partial charge in [-0.05, 0) is 29.7 Å². The molecule has 0 unspecified atom stereocenters. The van der Waals surface area contributed by atoms with Crippen LogP contribution in [0.1, 0.15) is 23.2 Å². The third kappa shape index (κ3) is 6.25. The fraction of sp³-hybridized carbons (Fsp3) is 0.364. The van der Waals surface area contributed by atoms with Crippen molar-refractivity contribution in [1.29, 1.82) is 0 Å². The van der Waals surface area contributed by atoms with Crippen LogP contribution in [0.5, 0.6) is 0 Å². The maximum Gasteiger partial charge on any atom is 0.407 e. The molecule has 13 heteroatoms. The van der Waals surface area contributed by atoms with Crippen molar-refractivity contribution in [2.45, 2.75) is 23.8 Å². The summed E-state index contributed by atoms with van der Waals surface area (Å²) in [7, 11) is -4.27. The van der Waals surface area contributed by atoms with Crippen LogP contribution in [0.15, 0.2) is 46.3 Å². The fourth-order valence-electron chi connectivity index (χ4n) is 3.96. The first kappa shape index (κ1) is 25.9. The predicted molar refractivity (Wildman–Crippen MR) is 130 cm³/mol. The number of rotatable bonds is 9. The molecule has 1 saturated heterocycles. The minimum Gasteiger partial charge on any atom is -0.465 e. The average Bonchev–Trinajstić information content (AvgIpc) is 2.84. The second-order valence-corrected chi connectivity index (χ2v) is 9.72. The van der Waals surface area contributed by atoms with Crippen molar-refractivity contribution < 1.29 is 27.9 Å². The van der Waals surface area contributed by atoms with Gasteiger partial charge in [-0.1, -0.05) is 30.3 Å². The highest BCUT2D eigenvalue weighted by Gasteiger charge is 2.32. The number of hydrogen-bond donors (Lipinski definition) is 4. The van der Waals surface area contributed by atoms with Crippen molar-refractivity contribution in [2.24, 2.45) is 16.5 Å². The van der Waals surface area contributed by atoms with Gasteiger partial charge in [-0.3, -0.25) is 14.6 Å². The third-order valence-corrected chi connectivity index (χ3v) is 7.27. The molecular weight excluding hydrogens is 476 g/mol. The summed E-state index contributed by atoms with van der Waals surface area (Å²) in [6.07, 6.45) is -0.191. The lowest BCUT2D eigenvalue weighted by Crippen LogP contribution is -2.55. The largest absolute Gasteiger partial charge is 0.465 e. The minimum atomic E-state index is -4.27. The van der Waals surface area contributed by atoms with Crippen molar-refractivity contribution in [3.8, 4) is 0 Å². The first-order valence-corrected chi connectivity index (χ1v) is 12.4. The molecule has 3 rings (SSSR count). The molecule has 1 fully saturated rings. The lowest BCUT2D eigenvalue weighted by atomic mass is 10.1. The van der Waals surface area contributed by atoms with Crippen molar-refractivity contribution in [3.05, 3.63) is 42.0 Å². The summed E-state index contributed by atoms with van der Waals surface area (Å²) in [5, 5.41) is 10.3. The number of fused-ring (bicyclic) bond motifs is 1. The number of sulfonamides is 1. The van der Waals surface area contributed by atoms with E-state index in [1.807, 2.05) is 0 Å². The van der Waals surface area contributed by atoms with Crippen molar-refractivity contribution in [3.63, 3.8) is 0 Å². The topological polar surface area (TPSA) is 188 Å².